The Kier molecular flexibility index (Phi) is 4.69. The van der Waals surface area contributed by atoms with E-state index in [-0.39, 0.29) is 0 Å². The first-order valence-corrected chi connectivity index (χ1v) is 7.49. The second-order valence-electron chi connectivity index (χ2n) is 5.34. The lowest BCUT2D eigenvalue weighted by Crippen LogP contribution is -2.37. The van der Waals surface area contributed by atoms with E-state index in [9.17, 15) is 0 Å². The minimum absolute atomic E-state index is 0.891. The molecule has 2 N–H and O–H groups in total. The number of aromatic amines is 1. The molecule has 108 valence electrons. The predicted octanol–water partition coefficient (Wildman–Crippen LogP) is 1.98. The van der Waals surface area contributed by atoms with Gasteiger partial charge in [-0.25, -0.2) is 0 Å². The minimum Gasteiger partial charge on any atom is -0.379 e. The van der Waals surface area contributed by atoms with Crippen molar-refractivity contribution in [2.45, 2.75) is 13.0 Å². The number of morpholine rings is 1. The van der Waals surface area contributed by atoms with Gasteiger partial charge in [0, 0.05) is 31.3 Å². The van der Waals surface area contributed by atoms with E-state index in [1.165, 1.54) is 29.4 Å². The molecule has 1 aromatic carbocycles. The van der Waals surface area contributed by atoms with Gasteiger partial charge in [-0.1, -0.05) is 18.2 Å². The van der Waals surface area contributed by atoms with Gasteiger partial charge in [0.25, 0.3) is 0 Å². The van der Waals surface area contributed by atoms with Gasteiger partial charge in [-0.15, -0.1) is 0 Å². The molecule has 1 saturated heterocycles. The topological polar surface area (TPSA) is 40.3 Å². The number of para-hydroxylation sites is 1. The molecule has 0 bridgehead atoms. The van der Waals surface area contributed by atoms with Crippen molar-refractivity contribution < 1.29 is 4.74 Å². The molecule has 0 radical (unpaired) electrons. The number of rotatable bonds is 6. The summed E-state index contributed by atoms with van der Waals surface area (Å²) in [4.78, 5) is 5.80. The van der Waals surface area contributed by atoms with E-state index in [1.807, 2.05) is 6.20 Å². The Bertz CT molecular complexity index is 531. The average Bonchev–Trinajstić information content (AvgIpc) is 2.97. The van der Waals surface area contributed by atoms with Gasteiger partial charge in [0.15, 0.2) is 0 Å². The second kappa shape index (κ2) is 6.88. The van der Waals surface area contributed by atoms with Crippen LogP contribution in [0.4, 0.5) is 0 Å². The molecular formula is C16H23N3O. The Morgan fingerprint density at radius 3 is 3.00 bits per heavy atom. The lowest BCUT2D eigenvalue weighted by molar-refractivity contribution is 0.0374. The molecular weight excluding hydrogens is 250 g/mol. The number of ether oxygens (including phenoxy) is 1. The zero-order valence-electron chi connectivity index (χ0n) is 11.9. The van der Waals surface area contributed by atoms with Crippen LogP contribution >= 0.6 is 0 Å². The largest absolute Gasteiger partial charge is 0.379 e. The number of hydrogen-bond acceptors (Lipinski definition) is 3. The molecule has 0 saturated carbocycles. The molecule has 2 aromatic rings. The van der Waals surface area contributed by atoms with Crippen molar-refractivity contribution >= 4 is 10.9 Å². The molecule has 1 aromatic heterocycles. The summed E-state index contributed by atoms with van der Waals surface area (Å²) in [6.07, 6.45) is 3.20. The number of aromatic nitrogens is 1. The normalized spacial score (nSPS) is 16.8. The summed E-state index contributed by atoms with van der Waals surface area (Å²) in [6.45, 7) is 7.12. The molecule has 0 unspecified atom stereocenters. The summed E-state index contributed by atoms with van der Waals surface area (Å²) in [5.74, 6) is 0. The third-order valence-electron chi connectivity index (χ3n) is 3.92. The van der Waals surface area contributed by atoms with Crippen LogP contribution in [0.5, 0.6) is 0 Å². The Labute approximate surface area is 120 Å². The standard InChI is InChI=1S/C16H23N3O/c1-3-14-5-7-18-16(14)15(4-1)13-17-6-2-8-19-9-11-20-12-10-19/h1,3-5,7,17-18H,2,6,8-13H2. The molecule has 1 fully saturated rings. The van der Waals surface area contributed by atoms with E-state index >= 15 is 0 Å². The SMILES string of the molecule is c1cc(CNCCCN2CCOCC2)c2[nH]ccc2c1. The molecule has 4 heteroatoms. The molecule has 4 nitrogen and oxygen atoms in total. The van der Waals surface area contributed by atoms with E-state index in [0.717, 1.165) is 39.4 Å². The number of benzene rings is 1. The first-order valence-electron chi connectivity index (χ1n) is 7.49. The first-order chi connectivity index (χ1) is 9.93. The molecule has 1 aliphatic rings. The highest BCUT2D eigenvalue weighted by Gasteiger charge is 2.09. The van der Waals surface area contributed by atoms with Gasteiger partial charge in [-0.3, -0.25) is 4.90 Å². The van der Waals surface area contributed by atoms with Crippen LogP contribution in [0.3, 0.4) is 0 Å². The van der Waals surface area contributed by atoms with Gasteiger partial charge in [-0.2, -0.15) is 0 Å². The van der Waals surface area contributed by atoms with Crippen LogP contribution in [0.15, 0.2) is 30.5 Å². The number of nitrogens with one attached hydrogen (secondary N) is 2. The van der Waals surface area contributed by atoms with Crippen molar-refractivity contribution in [2.24, 2.45) is 0 Å². The molecule has 2 heterocycles. The van der Waals surface area contributed by atoms with Gasteiger partial charge in [-0.05, 0) is 36.5 Å². The lowest BCUT2D eigenvalue weighted by Gasteiger charge is -2.26. The maximum atomic E-state index is 5.36. The predicted molar refractivity (Wildman–Crippen MR) is 81.9 cm³/mol. The fourth-order valence-electron chi connectivity index (χ4n) is 2.77. The smallest absolute Gasteiger partial charge is 0.0594 e. The highest BCUT2D eigenvalue weighted by molar-refractivity contribution is 5.82. The Morgan fingerprint density at radius 1 is 1.20 bits per heavy atom. The molecule has 0 aliphatic carbocycles. The van der Waals surface area contributed by atoms with Crippen molar-refractivity contribution in [1.82, 2.24) is 15.2 Å². The number of hydrogen-bond donors (Lipinski definition) is 2. The third kappa shape index (κ3) is 3.39. The summed E-state index contributed by atoms with van der Waals surface area (Å²) in [7, 11) is 0. The zero-order chi connectivity index (χ0) is 13.6. The first kappa shape index (κ1) is 13.6. The van der Waals surface area contributed by atoms with Crippen LogP contribution in [0.1, 0.15) is 12.0 Å². The molecule has 0 atom stereocenters. The lowest BCUT2D eigenvalue weighted by atomic mass is 10.1. The van der Waals surface area contributed by atoms with E-state index in [2.05, 4.69) is 39.5 Å². The monoisotopic (exact) mass is 273 g/mol. The van der Waals surface area contributed by atoms with Crippen molar-refractivity contribution in [3.05, 3.63) is 36.0 Å². The van der Waals surface area contributed by atoms with E-state index in [1.54, 1.807) is 0 Å². The van der Waals surface area contributed by atoms with Crippen molar-refractivity contribution in [3.8, 4) is 0 Å². The van der Waals surface area contributed by atoms with Gasteiger partial charge in [0.2, 0.25) is 0 Å². The summed E-state index contributed by atoms with van der Waals surface area (Å²) in [5, 5.41) is 4.83. The fourth-order valence-corrected chi connectivity index (χ4v) is 2.77. The summed E-state index contributed by atoms with van der Waals surface area (Å²) in [5.41, 5.74) is 2.60. The molecule has 0 spiro atoms. The summed E-state index contributed by atoms with van der Waals surface area (Å²) in [6, 6.07) is 8.58. The van der Waals surface area contributed by atoms with Crippen LogP contribution in [-0.4, -0.2) is 49.3 Å². The third-order valence-corrected chi connectivity index (χ3v) is 3.92. The van der Waals surface area contributed by atoms with Crippen molar-refractivity contribution in [1.29, 1.82) is 0 Å². The van der Waals surface area contributed by atoms with Crippen LogP contribution < -0.4 is 5.32 Å². The van der Waals surface area contributed by atoms with Crippen LogP contribution in [0.2, 0.25) is 0 Å². The van der Waals surface area contributed by atoms with Crippen molar-refractivity contribution in [2.75, 3.05) is 39.4 Å². The quantitative estimate of drug-likeness (QED) is 0.791. The van der Waals surface area contributed by atoms with Crippen molar-refractivity contribution in [3.63, 3.8) is 0 Å². The molecule has 0 amide bonds. The summed E-state index contributed by atoms with van der Waals surface area (Å²) >= 11 is 0. The highest BCUT2D eigenvalue weighted by Crippen LogP contribution is 2.16. The number of fused-ring (bicyclic) bond motifs is 1. The maximum Gasteiger partial charge on any atom is 0.0594 e. The average molecular weight is 273 g/mol. The number of H-pyrrole nitrogens is 1. The van der Waals surface area contributed by atoms with Gasteiger partial charge < -0.3 is 15.0 Å². The van der Waals surface area contributed by atoms with Crippen LogP contribution in [-0.2, 0) is 11.3 Å². The van der Waals surface area contributed by atoms with E-state index in [4.69, 9.17) is 4.74 Å². The van der Waals surface area contributed by atoms with E-state index in [0.29, 0.717) is 0 Å². The Morgan fingerprint density at radius 2 is 2.10 bits per heavy atom. The van der Waals surface area contributed by atoms with E-state index < -0.39 is 0 Å². The Hall–Kier alpha value is -1.36. The second-order valence-corrected chi connectivity index (χ2v) is 5.34. The minimum atomic E-state index is 0.891. The van der Waals surface area contributed by atoms with Gasteiger partial charge in [0.05, 0.1) is 13.2 Å². The summed E-state index contributed by atoms with van der Waals surface area (Å²) < 4.78 is 5.36. The molecule has 1 aliphatic heterocycles. The molecule has 3 rings (SSSR count). The van der Waals surface area contributed by atoms with Crippen LogP contribution in [0, 0.1) is 0 Å². The maximum absolute atomic E-state index is 5.36. The zero-order valence-corrected chi connectivity index (χ0v) is 11.9. The van der Waals surface area contributed by atoms with Gasteiger partial charge >= 0.3 is 0 Å². The van der Waals surface area contributed by atoms with Crippen LogP contribution in [0.25, 0.3) is 10.9 Å². The fraction of sp³-hybridized carbons (Fsp3) is 0.500. The molecule has 20 heavy (non-hydrogen) atoms. The number of nitrogens with zero attached hydrogens (tertiary/aromatic N) is 1. The highest BCUT2D eigenvalue weighted by atomic mass is 16.5. The van der Waals surface area contributed by atoms with Gasteiger partial charge in [0.1, 0.15) is 0 Å². The Balaban J connectivity index is 1.40.